The van der Waals surface area contributed by atoms with Gasteiger partial charge in [0.05, 0.1) is 4.90 Å². The number of likely N-dealkylation sites (tertiary alicyclic amines) is 1. The van der Waals surface area contributed by atoms with Crippen molar-refractivity contribution in [3.8, 4) is 0 Å². The molecule has 0 spiro atoms. The van der Waals surface area contributed by atoms with Gasteiger partial charge in [-0.1, -0.05) is 18.9 Å². The van der Waals surface area contributed by atoms with E-state index in [0.29, 0.717) is 23.8 Å². The minimum absolute atomic E-state index is 0.0716. The van der Waals surface area contributed by atoms with Crippen molar-refractivity contribution in [3.05, 3.63) is 54.1 Å². The van der Waals surface area contributed by atoms with Crippen molar-refractivity contribution in [3.63, 3.8) is 0 Å². The number of carbonyl (C=O) groups excluding carboxylic acids is 2. The smallest absolute Gasteiger partial charge is 0.321 e. The van der Waals surface area contributed by atoms with E-state index in [0.717, 1.165) is 51.6 Å². The molecule has 2 aromatic rings. The summed E-state index contributed by atoms with van der Waals surface area (Å²) in [6.07, 6.45) is 6.46. The Hall–Kier alpha value is -2.91. The summed E-state index contributed by atoms with van der Waals surface area (Å²) in [6, 6.07) is 12.7. The molecular weight excluding hydrogens is 440 g/mol. The first kappa shape index (κ1) is 23.3. The zero-order valence-electron chi connectivity index (χ0n) is 18.5. The van der Waals surface area contributed by atoms with E-state index in [1.54, 1.807) is 36.4 Å². The highest BCUT2D eigenvalue weighted by atomic mass is 32.2. The van der Waals surface area contributed by atoms with Crippen LogP contribution in [0.2, 0.25) is 0 Å². The summed E-state index contributed by atoms with van der Waals surface area (Å²) in [5.74, 6) is 0.0129. The van der Waals surface area contributed by atoms with Gasteiger partial charge in [0.1, 0.15) is 0 Å². The molecule has 176 valence electrons. The molecule has 0 aromatic heterocycles. The van der Waals surface area contributed by atoms with E-state index in [1.165, 1.54) is 12.1 Å². The summed E-state index contributed by atoms with van der Waals surface area (Å²) in [7, 11) is -3.65. The summed E-state index contributed by atoms with van der Waals surface area (Å²) in [5, 5.41) is 5.67. The number of anilines is 2. The van der Waals surface area contributed by atoms with E-state index in [4.69, 9.17) is 0 Å². The number of hydrogen-bond donors (Lipinski definition) is 3. The number of carbonyl (C=O) groups is 2. The second kappa shape index (κ2) is 10.4. The van der Waals surface area contributed by atoms with E-state index >= 15 is 0 Å². The molecule has 1 aliphatic carbocycles. The average Bonchev–Trinajstić information content (AvgIpc) is 3.66. The van der Waals surface area contributed by atoms with Gasteiger partial charge in [-0.3, -0.25) is 4.79 Å². The molecule has 9 heteroatoms. The molecule has 3 amide bonds. The normalized spacial score (nSPS) is 16.7. The van der Waals surface area contributed by atoms with Crippen LogP contribution in [0.5, 0.6) is 0 Å². The largest absolute Gasteiger partial charge is 0.325 e. The van der Waals surface area contributed by atoms with Gasteiger partial charge >= 0.3 is 6.03 Å². The highest BCUT2D eigenvalue weighted by Gasteiger charge is 2.24. The molecule has 4 rings (SSSR count). The van der Waals surface area contributed by atoms with Gasteiger partial charge in [-0.25, -0.2) is 17.9 Å². The topological polar surface area (TPSA) is 108 Å². The Bertz CT molecular complexity index is 1090. The average molecular weight is 471 g/mol. The summed E-state index contributed by atoms with van der Waals surface area (Å²) < 4.78 is 27.6. The van der Waals surface area contributed by atoms with Crippen molar-refractivity contribution in [2.75, 3.05) is 30.3 Å². The van der Waals surface area contributed by atoms with Crippen molar-refractivity contribution >= 4 is 33.3 Å². The predicted molar refractivity (Wildman–Crippen MR) is 128 cm³/mol. The third kappa shape index (κ3) is 6.55. The molecule has 2 aliphatic rings. The standard InChI is InChI=1S/C24H30N4O4S/c29-23(19-6-5-7-22(16-19)33(31,32)25-17-18-8-9-18)26-20-10-12-21(13-11-20)27-24(30)28-14-3-1-2-4-15-28/h5-7,10-13,16,18,25H,1-4,8-9,14-15,17H2,(H,26,29)(H,27,30). The highest BCUT2D eigenvalue weighted by Crippen LogP contribution is 2.28. The van der Waals surface area contributed by atoms with Gasteiger partial charge in [-0.05, 0) is 74.1 Å². The molecule has 2 fully saturated rings. The zero-order valence-corrected chi connectivity index (χ0v) is 19.4. The fraction of sp³-hybridized carbons (Fsp3) is 0.417. The molecule has 0 radical (unpaired) electrons. The molecule has 1 saturated heterocycles. The Morgan fingerprint density at radius 1 is 0.879 bits per heavy atom. The molecular formula is C24H30N4O4S. The minimum Gasteiger partial charge on any atom is -0.325 e. The Morgan fingerprint density at radius 2 is 1.52 bits per heavy atom. The fourth-order valence-corrected chi connectivity index (χ4v) is 4.92. The number of amides is 3. The van der Waals surface area contributed by atoms with Crippen LogP contribution in [-0.4, -0.2) is 44.9 Å². The first-order valence-corrected chi connectivity index (χ1v) is 13.0. The summed E-state index contributed by atoms with van der Waals surface area (Å²) >= 11 is 0. The van der Waals surface area contributed by atoms with Crippen LogP contribution in [-0.2, 0) is 10.0 Å². The number of sulfonamides is 1. The third-order valence-electron chi connectivity index (χ3n) is 5.95. The quantitative estimate of drug-likeness (QED) is 0.568. The number of urea groups is 1. The number of hydrogen-bond acceptors (Lipinski definition) is 4. The molecule has 2 aromatic carbocycles. The summed E-state index contributed by atoms with van der Waals surface area (Å²) in [5.41, 5.74) is 1.45. The second-order valence-electron chi connectivity index (χ2n) is 8.69. The molecule has 0 atom stereocenters. The Balaban J connectivity index is 1.35. The van der Waals surface area contributed by atoms with Crippen LogP contribution in [0.15, 0.2) is 53.4 Å². The van der Waals surface area contributed by atoms with Crippen molar-refractivity contribution in [1.29, 1.82) is 0 Å². The first-order chi connectivity index (χ1) is 15.9. The van der Waals surface area contributed by atoms with Gasteiger partial charge in [0, 0.05) is 36.6 Å². The number of benzene rings is 2. The van der Waals surface area contributed by atoms with E-state index in [1.807, 2.05) is 4.90 Å². The maximum absolute atomic E-state index is 12.7. The molecule has 1 aliphatic heterocycles. The van der Waals surface area contributed by atoms with E-state index < -0.39 is 15.9 Å². The van der Waals surface area contributed by atoms with Gasteiger partial charge in [-0.15, -0.1) is 0 Å². The fourth-order valence-electron chi connectivity index (χ4n) is 3.75. The molecule has 3 N–H and O–H groups in total. The lowest BCUT2D eigenvalue weighted by molar-refractivity contribution is 0.102. The second-order valence-corrected chi connectivity index (χ2v) is 10.5. The van der Waals surface area contributed by atoms with E-state index in [9.17, 15) is 18.0 Å². The minimum atomic E-state index is -3.65. The number of nitrogens with zero attached hydrogens (tertiary/aromatic N) is 1. The Labute approximate surface area is 194 Å². The SMILES string of the molecule is O=C(Nc1ccc(NC(=O)N2CCCCCC2)cc1)c1cccc(S(=O)(=O)NCC2CC2)c1. The maximum Gasteiger partial charge on any atom is 0.321 e. The van der Waals surface area contributed by atoms with E-state index in [2.05, 4.69) is 15.4 Å². The van der Waals surface area contributed by atoms with Crippen LogP contribution in [0.4, 0.5) is 16.2 Å². The summed E-state index contributed by atoms with van der Waals surface area (Å²) in [6.45, 7) is 1.97. The van der Waals surface area contributed by atoms with Crippen LogP contribution < -0.4 is 15.4 Å². The van der Waals surface area contributed by atoms with Crippen LogP contribution >= 0.6 is 0 Å². The highest BCUT2D eigenvalue weighted by molar-refractivity contribution is 7.89. The molecule has 1 saturated carbocycles. The van der Waals surface area contributed by atoms with Gasteiger partial charge in [0.25, 0.3) is 5.91 Å². The van der Waals surface area contributed by atoms with E-state index in [-0.39, 0.29) is 16.5 Å². The summed E-state index contributed by atoms with van der Waals surface area (Å²) in [4.78, 5) is 27.0. The predicted octanol–water partition coefficient (Wildman–Crippen LogP) is 4.04. The van der Waals surface area contributed by atoms with Crippen molar-refractivity contribution in [1.82, 2.24) is 9.62 Å². The van der Waals surface area contributed by atoms with Gasteiger partial charge < -0.3 is 15.5 Å². The van der Waals surface area contributed by atoms with Crippen molar-refractivity contribution in [2.24, 2.45) is 5.92 Å². The van der Waals surface area contributed by atoms with Crippen LogP contribution in [0.1, 0.15) is 48.9 Å². The monoisotopic (exact) mass is 470 g/mol. The first-order valence-electron chi connectivity index (χ1n) is 11.5. The van der Waals surface area contributed by atoms with Crippen LogP contribution in [0.25, 0.3) is 0 Å². The van der Waals surface area contributed by atoms with Crippen molar-refractivity contribution < 1.29 is 18.0 Å². The van der Waals surface area contributed by atoms with Crippen LogP contribution in [0.3, 0.4) is 0 Å². The Kier molecular flexibility index (Phi) is 7.29. The molecule has 0 bridgehead atoms. The maximum atomic E-state index is 12.7. The molecule has 33 heavy (non-hydrogen) atoms. The van der Waals surface area contributed by atoms with Gasteiger partial charge in [0.2, 0.25) is 10.0 Å². The van der Waals surface area contributed by atoms with Gasteiger partial charge in [0.15, 0.2) is 0 Å². The lowest BCUT2D eigenvalue weighted by atomic mass is 10.2. The molecule has 1 heterocycles. The van der Waals surface area contributed by atoms with Crippen molar-refractivity contribution in [2.45, 2.75) is 43.4 Å². The number of nitrogens with one attached hydrogen (secondary N) is 3. The molecule has 8 nitrogen and oxygen atoms in total. The Morgan fingerprint density at radius 3 is 2.15 bits per heavy atom. The zero-order chi connectivity index (χ0) is 23.3. The lowest BCUT2D eigenvalue weighted by Crippen LogP contribution is -2.35. The molecule has 0 unspecified atom stereocenters. The number of rotatable bonds is 7. The van der Waals surface area contributed by atoms with Crippen LogP contribution in [0, 0.1) is 5.92 Å². The lowest BCUT2D eigenvalue weighted by Gasteiger charge is -2.20. The third-order valence-corrected chi connectivity index (χ3v) is 7.37. The van der Waals surface area contributed by atoms with Gasteiger partial charge in [-0.2, -0.15) is 0 Å².